The molecule has 0 bridgehead atoms. The maximum atomic E-state index is 11.9. The van der Waals surface area contributed by atoms with Crippen LogP contribution in [0.15, 0.2) is 0 Å². The quantitative estimate of drug-likeness (QED) is 0.850. The van der Waals surface area contributed by atoms with Crippen LogP contribution in [0.3, 0.4) is 0 Å². The van der Waals surface area contributed by atoms with Crippen molar-refractivity contribution in [3.8, 4) is 0 Å². The Kier molecular flexibility index (Phi) is 5.34. The van der Waals surface area contributed by atoms with E-state index in [1.165, 1.54) is 11.3 Å². The number of nitrogens with two attached hydrogens (primary N) is 1. The lowest BCUT2D eigenvalue weighted by molar-refractivity contribution is -0.173. The standard InChI is InChI=1S/C12H19F3N2OS/c1-11(2,3)10-8(6-16)19-9(17-10)4-5-18-7-12(13,14)15/h4-7,16H2,1-3H3. The lowest BCUT2D eigenvalue weighted by atomic mass is 9.91. The van der Waals surface area contributed by atoms with Gasteiger partial charge in [0.05, 0.1) is 17.3 Å². The summed E-state index contributed by atoms with van der Waals surface area (Å²) in [5.41, 5.74) is 6.47. The van der Waals surface area contributed by atoms with Crippen LogP contribution in [0.4, 0.5) is 13.2 Å². The lowest BCUT2D eigenvalue weighted by Crippen LogP contribution is -2.18. The molecule has 0 saturated carbocycles. The van der Waals surface area contributed by atoms with Crippen molar-refractivity contribution in [3.63, 3.8) is 0 Å². The maximum Gasteiger partial charge on any atom is 0.411 e. The molecule has 0 amide bonds. The number of halogens is 3. The fourth-order valence-corrected chi connectivity index (χ4v) is 2.72. The third-order valence-corrected chi connectivity index (χ3v) is 3.50. The molecule has 0 aliphatic heterocycles. The molecule has 0 atom stereocenters. The summed E-state index contributed by atoms with van der Waals surface area (Å²) in [6.45, 7) is 5.30. The van der Waals surface area contributed by atoms with Crippen LogP contribution < -0.4 is 5.73 Å². The molecule has 0 unspecified atom stereocenters. The van der Waals surface area contributed by atoms with E-state index >= 15 is 0 Å². The van der Waals surface area contributed by atoms with E-state index in [-0.39, 0.29) is 12.0 Å². The molecule has 1 aromatic heterocycles. The molecular formula is C12H19F3N2OS. The molecule has 0 saturated heterocycles. The van der Waals surface area contributed by atoms with Crippen molar-refractivity contribution in [2.75, 3.05) is 13.2 Å². The Morgan fingerprint density at radius 3 is 2.32 bits per heavy atom. The van der Waals surface area contributed by atoms with Gasteiger partial charge in [0.15, 0.2) is 0 Å². The van der Waals surface area contributed by atoms with Crippen molar-refractivity contribution in [1.82, 2.24) is 4.98 Å². The Labute approximate surface area is 115 Å². The van der Waals surface area contributed by atoms with E-state index in [0.717, 1.165) is 15.6 Å². The van der Waals surface area contributed by atoms with E-state index in [2.05, 4.69) is 9.72 Å². The molecular weight excluding hydrogens is 277 g/mol. The molecule has 0 aromatic carbocycles. The molecule has 110 valence electrons. The second-order valence-electron chi connectivity index (χ2n) is 5.25. The molecule has 1 heterocycles. The third-order valence-electron chi connectivity index (χ3n) is 2.36. The first-order chi connectivity index (χ1) is 8.63. The average molecular weight is 296 g/mol. The number of hydrogen-bond donors (Lipinski definition) is 1. The molecule has 0 aliphatic rings. The lowest BCUT2D eigenvalue weighted by Gasteiger charge is -2.16. The van der Waals surface area contributed by atoms with Crippen LogP contribution in [0.25, 0.3) is 0 Å². The fraction of sp³-hybridized carbons (Fsp3) is 0.750. The molecule has 3 nitrogen and oxygen atoms in total. The Morgan fingerprint density at radius 2 is 1.89 bits per heavy atom. The molecule has 1 rings (SSSR count). The highest BCUT2D eigenvalue weighted by Crippen LogP contribution is 2.29. The number of rotatable bonds is 5. The summed E-state index contributed by atoms with van der Waals surface area (Å²) < 4.78 is 40.3. The zero-order valence-electron chi connectivity index (χ0n) is 11.3. The Bertz CT molecular complexity index is 410. The van der Waals surface area contributed by atoms with Crippen LogP contribution in [0.2, 0.25) is 0 Å². The summed E-state index contributed by atoms with van der Waals surface area (Å²) in [7, 11) is 0. The predicted molar refractivity (Wildman–Crippen MR) is 69.3 cm³/mol. The topological polar surface area (TPSA) is 48.1 Å². The van der Waals surface area contributed by atoms with E-state index in [4.69, 9.17) is 5.73 Å². The summed E-state index contributed by atoms with van der Waals surface area (Å²) in [6, 6.07) is 0. The van der Waals surface area contributed by atoms with Gasteiger partial charge in [0.25, 0.3) is 0 Å². The summed E-state index contributed by atoms with van der Waals surface area (Å²) >= 11 is 1.45. The van der Waals surface area contributed by atoms with E-state index in [0.29, 0.717) is 13.0 Å². The SMILES string of the molecule is CC(C)(C)c1nc(CCOCC(F)(F)F)sc1CN. The van der Waals surface area contributed by atoms with Gasteiger partial charge in [-0.25, -0.2) is 4.98 Å². The molecule has 19 heavy (non-hydrogen) atoms. The molecule has 0 spiro atoms. The van der Waals surface area contributed by atoms with Gasteiger partial charge in [-0.05, 0) is 0 Å². The van der Waals surface area contributed by atoms with Gasteiger partial charge in [0.2, 0.25) is 0 Å². The fourth-order valence-electron chi connectivity index (χ4n) is 1.58. The second-order valence-corrected chi connectivity index (χ2v) is 6.42. The van der Waals surface area contributed by atoms with Crippen LogP contribution in [0.1, 0.15) is 36.3 Å². The first-order valence-electron chi connectivity index (χ1n) is 5.97. The summed E-state index contributed by atoms with van der Waals surface area (Å²) in [5.74, 6) is 0. The minimum atomic E-state index is -4.28. The van der Waals surface area contributed by atoms with Crippen molar-refractivity contribution in [2.45, 2.75) is 45.3 Å². The van der Waals surface area contributed by atoms with Crippen molar-refractivity contribution < 1.29 is 17.9 Å². The number of aromatic nitrogens is 1. The van der Waals surface area contributed by atoms with Gasteiger partial charge in [-0.1, -0.05) is 20.8 Å². The van der Waals surface area contributed by atoms with Crippen molar-refractivity contribution in [3.05, 3.63) is 15.6 Å². The molecule has 0 aliphatic carbocycles. The van der Waals surface area contributed by atoms with E-state index in [1.54, 1.807) is 0 Å². The monoisotopic (exact) mass is 296 g/mol. The number of alkyl halides is 3. The Balaban J connectivity index is 2.58. The second kappa shape index (κ2) is 6.19. The van der Waals surface area contributed by atoms with Crippen molar-refractivity contribution >= 4 is 11.3 Å². The van der Waals surface area contributed by atoms with Crippen LogP contribution in [0, 0.1) is 0 Å². The molecule has 0 radical (unpaired) electrons. The van der Waals surface area contributed by atoms with Crippen LogP contribution in [-0.4, -0.2) is 24.4 Å². The third kappa shape index (κ3) is 5.46. The predicted octanol–water partition coefficient (Wildman–Crippen LogP) is 3.02. The minimum absolute atomic E-state index is 0.0145. The van der Waals surface area contributed by atoms with Crippen LogP contribution in [0.5, 0.6) is 0 Å². The number of hydrogen-bond acceptors (Lipinski definition) is 4. The first kappa shape index (κ1) is 16.4. The van der Waals surface area contributed by atoms with Crippen molar-refractivity contribution in [1.29, 1.82) is 0 Å². The van der Waals surface area contributed by atoms with Gasteiger partial charge in [-0.3, -0.25) is 0 Å². The highest BCUT2D eigenvalue weighted by molar-refractivity contribution is 7.11. The zero-order valence-corrected chi connectivity index (χ0v) is 12.1. The van der Waals surface area contributed by atoms with Gasteiger partial charge >= 0.3 is 6.18 Å². The minimum Gasteiger partial charge on any atom is -0.372 e. The highest BCUT2D eigenvalue weighted by atomic mass is 32.1. The van der Waals surface area contributed by atoms with Crippen LogP contribution in [-0.2, 0) is 23.1 Å². The highest BCUT2D eigenvalue weighted by Gasteiger charge is 2.27. The first-order valence-corrected chi connectivity index (χ1v) is 6.79. The molecule has 0 fully saturated rings. The summed E-state index contributed by atoms with van der Waals surface area (Å²) in [5, 5.41) is 0.771. The van der Waals surface area contributed by atoms with Gasteiger partial charge in [-0.2, -0.15) is 13.2 Å². The number of nitrogens with zero attached hydrogens (tertiary/aromatic N) is 1. The Hall–Kier alpha value is -0.660. The summed E-state index contributed by atoms with van der Waals surface area (Å²) in [4.78, 5) is 5.45. The number of ether oxygens (including phenoxy) is 1. The zero-order chi connectivity index (χ0) is 14.7. The van der Waals surface area contributed by atoms with Gasteiger partial charge in [0.1, 0.15) is 6.61 Å². The van der Waals surface area contributed by atoms with E-state index < -0.39 is 12.8 Å². The van der Waals surface area contributed by atoms with E-state index in [1.807, 2.05) is 20.8 Å². The number of thiazole rings is 1. The van der Waals surface area contributed by atoms with Gasteiger partial charge in [-0.15, -0.1) is 11.3 Å². The normalized spacial score (nSPS) is 13.0. The van der Waals surface area contributed by atoms with Gasteiger partial charge < -0.3 is 10.5 Å². The molecule has 7 heteroatoms. The van der Waals surface area contributed by atoms with E-state index in [9.17, 15) is 13.2 Å². The average Bonchev–Trinajstić information content (AvgIpc) is 2.66. The summed E-state index contributed by atoms with van der Waals surface area (Å²) in [6.07, 6.45) is -3.90. The Morgan fingerprint density at radius 1 is 1.26 bits per heavy atom. The largest absolute Gasteiger partial charge is 0.411 e. The molecule has 1 aromatic rings. The van der Waals surface area contributed by atoms with Gasteiger partial charge in [0, 0.05) is 23.3 Å². The molecule has 2 N–H and O–H groups in total. The smallest absolute Gasteiger partial charge is 0.372 e. The van der Waals surface area contributed by atoms with Crippen LogP contribution >= 0.6 is 11.3 Å². The van der Waals surface area contributed by atoms with Crippen molar-refractivity contribution in [2.24, 2.45) is 5.73 Å². The maximum absolute atomic E-state index is 11.9.